The van der Waals surface area contributed by atoms with E-state index in [-0.39, 0.29) is 5.92 Å². The minimum absolute atomic E-state index is 0.309. The van der Waals surface area contributed by atoms with Crippen molar-refractivity contribution in [1.82, 2.24) is 0 Å². The van der Waals surface area contributed by atoms with Crippen LogP contribution in [0.3, 0.4) is 0 Å². The molecule has 9 rings (SSSR count). The number of hydrogen-bond donors (Lipinski definition) is 0. The number of esters is 2. The van der Waals surface area contributed by atoms with Gasteiger partial charge in [0.25, 0.3) is 0 Å². The standard InChI is InChI=1S/C44H28N2O4/c1-27-10-12-28(13-11-27)24-44-35-8-4-2-6-33(35)39(34-7-3-5-9-36(34)44)40-37(49-42(47)31-18-14-29(25-45)15-19-31)22-23-38(41(40)44)50-43(48)32-20-16-30(26-46)17-21-32/h2-23,39H,24H2,1H3. The molecule has 0 unspecified atom stereocenters. The molecule has 6 nitrogen and oxygen atoms in total. The second-order valence-electron chi connectivity index (χ2n) is 12.7. The number of carbonyl (C=O) groups excluding carboxylic acids is 2. The van der Waals surface area contributed by atoms with Crippen LogP contribution in [0.5, 0.6) is 11.5 Å². The van der Waals surface area contributed by atoms with E-state index in [9.17, 15) is 20.1 Å². The number of nitriles is 2. The molecule has 3 aliphatic rings. The normalized spacial score (nSPS) is 16.2. The molecule has 0 fully saturated rings. The molecule has 238 valence electrons. The first-order chi connectivity index (χ1) is 24.4. The third kappa shape index (κ3) is 4.86. The van der Waals surface area contributed by atoms with E-state index in [1.807, 2.05) is 24.3 Å². The number of aryl methyl sites for hydroxylation is 1. The Bertz CT molecular complexity index is 2370. The number of rotatable bonds is 6. The van der Waals surface area contributed by atoms with Crippen molar-refractivity contribution in [2.24, 2.45) is 0 Å². The zero-order chi connectivity index (χ0) is 34.4. The summed E-state index contributed by atoms with van der Waals surface area (Å²) in [6.07, 6.45) is 0.551. The third-order valence-corrected chi connectivity index (χ3v) is 9.84. The highest BCUT2D eigenvalue weighted by molar-refractivity contribution is 5.93. The Balaban J connectivity index is 1.37. The van der Waals surface area contributed by atoms with E-state index in [2.05, 4.69) is 67.6 Å². The lowest BCUT2D eigenvalue weighted by Crippen LogP contribution is -2.44. The van der Waals surface area contributed by atoms with Crippen LogP contribution in [0.1, 0.15) is 82.3 Å². The number of nitrogens with zero attached hydrogens (tertiary/aromatic N) is 2. The van der Waals surface area contributed by atoms with E-state index in [1.54, 1.807) is 60.7 Å². The summed E-state index contributed by atoms with van der Waals surface area (Å²) in [6.45, 7) is 2.06. The average molecular weight is 649 g/mol. The molecule has 2 bridgehead atoms. The van der Waals surface area contributed by atoms with Crippen molar-refractivity contribution in [3.63, 3.8) is 0 Å². The van der Waals surface area contributed by atoms with Crippen LogP contribution in [0.2, 0.25) is 0 Å². The lowest BCUT2D eigenvalue weighted by molar-refractivity contribution is 0.0714. The molecule has 0 heterocycles. The van der Waals surface area contributed by atoms with Gasteiger partial charge in [0, 0.05) is 17.0 Å². The van der Waals surface area contributed by atoms with Gasteiger partial charge >= 0.3 is 11.9 Å². The molecule has 6 heteroatoms. The van der Waals surface area contributed by atoms with Crippen molar-refractivity contribution in [3.05, 3.63) is 200 Å². The van der Waals surface area contributed by atoms with Crippen molar-refractivity contribution in [2.75, 3.05) is 0 Å². The topological polar surface area (TPSA) is 100 Å². The van der Waals surface area contributed by atoms with Gasteiger partial charge in [-0.05, 0) is 102 Å². The van der Waals surface area contributed by atoms with Crippen LogP contribution in [-0.2, 0) is 11.8 Å². The maximum absolute atomic E-state index is 13.8. The molecule has 0 aliphatic heterocycles. The van der Waals surface area contributed by atoms with Crippen LogP contribution in [0, 0.1) is 29.6 Å². The van der Waals surface area contributed by atoms with Crippen LogP contribution >= 0.6 is 0 Å². The lowest BCUT2D eigenvalue weighted by Gasteiger charge is -2.51. The predicted octanol–water partition coefficient (Wildman–Crippen LogP) is 8.56. The van der Waals surface area contributed by atoms with E-state index in [0.29, 0.717) is 40.2 Å². The van der Waals surface area contributed by atoms with Crippen LogP contribution in [0.4, 0.5) is 0 Å². The van der Waals surface area contributed by atoms with Gasteiger partial charge in [-0.1, -0.05) is 78.4 Å². The zero-order valence-electron chi connectivity index (χ0n) is 27.0. The Morgan fingerprint density at radius 3 is 1.62 bits per heavy atom. The summed E-state index contributed by atoms with van der Waals surface area (Å²) >= 11 is 0. The first kappa shape index (κ1) is 30.6. The fraction of sp³-hybridized carbons (Fsp3) is 0.0909. The second kappa shape index (κ2) is 12.0. The van der Waals surface area contributed by atoms with Gasteiger partial charge in [-0.15, -0.1) is 0 Å². The van der Waals surface area contributed by atoms with E-state index >= 15 is 0 Å². The Morgan fingerprint density at radius 1 is 0.620 bits per heavy atom. The van der Waals surface area contributed by atoms with Crippen LogP contribution in [-0.4, -0.2) is 11.9 Å². The molecule has 0 atom stereocenters. The number of benzene rings is 6. The molecule has 0 aromatic heterocycles. The molecule has 6 aromatic carbocycles. The van der Waals surface area contributed by atoms with E-state index in [4.69, 9.17) is 9.47 Å². The van der Waals surface area contributed by atoms with Gasteiger partial charge in [0.05, 0.1) is 39.8 Å². The second-order valence-corrected chi connectivity index (χ2v) is 12.7. The van der Waals surface area contributed by atoms with Crippen molar-refractivity contribution in [2.45, 2.75) is 24.7 Å². The first-order valence-electron chi connectivity index (χ1n) is 16.3. The molecule has 0 N–H and O–H groups in total. The summed E-state index contributed by atoms with van der Waals surface area (Å²) < 4.78 is 12.6. The zero-order valence-corrected chi connectivity index (χ0v) is 27.0. The number of carbonyl (C=O) groups is 2. The van der Waals surface area contributed by atoms with E-state index < -0.39 is 17.4 Å². The lowest BCUT2D eigenvalue weighted by atomic mass is 9.51. The Morgan fingerprint density at radius 2 is 1.10 bits per heavy atom. The molecule has 50 heavy (non-hydrogen) atoms. The molecule has 0 radical (unpaired) electrons. The molecule has 0 spiro atoms. The maximum Gasteiger partial charge on any atom is 0.343 e. The van der Waals surface area contributed by atoms with Gasteiger partial charge in [-0.25, -0.2) is 9.59 Å². The highest BCUT2D eigenvalue weighted by Gasteiger charge is 2.54. The molecule has 0 amide bonds. The van der Waals surface area contributed by atoms with Crippen LogP contribution in [0.15, 0.2) is 133 Å². The summed E-state index contributed by atoms with van der Waals surface area (Å²) in [4.78, 5) is 27.5. The monoisotopic (exact) mass is 648 g/mol. The van der Waals surface area contributed by atoms with Gasteiger partial charge < -0.3 is 9.47 Å². The van der Waals surface area contributed by atoms with Crippen LogP contribution < -0.4 is 9.47 Å². The Kier molecular flexibility index (Phi) is 7.36. The SMILES string of the molecule is Cc1ccc(CC23c4ccccc4C(c4ccccc42)c2c(OC(=O)c4ccc(C#N)cc4)ccc(OC(=O)c4ccc(C#N)cc4)c23)cc1. The molecule has 0 saturated heterocycles. The van der Waals surface area contributed by atoms with Gasteiger partial charge in [0.2, 0.25) is 0 Å². The Labute approximate surface area is 289 Å². The fourth-order valence-corrected chi connectivity index (χ4v) is 7.62. The Hall–Kier alpha value is -6.76. The third-order valence-electron chi connectivity index (χ3n) is 9.84. The van der Waals surface area contributed by atoms with Gasteiger partial charge in [0.15, 0.2) is 0 Å². The fourth-order valence-electron chi connectivity index (χ4n) is 7.62. The highest BCUT2D eigenvalue weighted by Crippen LogP contribution is 2.64. The van der Waals surface area contributed by atoms with Gasteiger partial charge in [-0.3, -0.25) is 0 Å². The quantitative estimate of drug-likeness (QED) is 0.133. The largest absolute Gasteiger partial charge is 0.423 e. The summed E-state index contributed by atoms with van der Waals surface area (Å²) in [5.41, 5.74) is 8.85. The number of ether oxygens (including phenoxy) is 2. The summed E-state index contributed by atoms with van der Waals surface area (Å²) in [6, 6.07) is 45.4. The summed E-state index contributed by atoms with van der Waals surface area (Å²) in [5.74, 6) is -0.694. The smallest absolute Gasteiger partial charge is 0.343 e. The average Bonchev–Trinajstić information content (AvgIpc) is 3.16. The van der Waals surface area contributed by atoms with Gasteiger partial charge in [0.1, 0.15) is 11.5 Å². The predicted molar refractivity (Wildman–Crippen MR) is 187 cm³/mol. The molecular formula is C44H28N2O4. The number of hydrogen-bond acceptors (Lipinski definition) is 6. The molecule has 0 saturated carbocycles. The highest BCUT2D eigenvalue weighted by atomic mass is 16.5. The van der Waals surface area contributed by atoms with Crippen molar-refractivity contribution < 1.29 is 19.1 Å². The molecule has 3 aliphatic carbocycles. The van der Waals surface area contributed by atoms with E-state index in [0.717, 1.165) is 44.5 Å². The molecular weight excluding hydrogens is 620 g/mol. The molecule has 6 aromatic rings. The van der Waals surface area contributed by atoms with Crippen LogP contribution in [0.25, 0.3) is 0 Å². The summed E-state index contributed by atoms with van der Waals surface area (Å²) in [5, 5.41) is 18.6. The minimum atomic E-state index is -0.816. The minimum Gasteiger partial charge on any atom is -0.423 e. The van der Waals surface area contributed by atoms with Crippen molar-refractivity contribution in [1.29, 1.82) is 10.5 Å². The first-order valence-corrected chi connectivity index (χ1v) is 16.3. The van der Waals surface area contributed by atoms with Crippen molar-refractivity contribution >= 4 is 11.9 Å². The van der Waals surface area contributed by atoms with Gasteiger partial charge in [-0.2, -0.15) is 10.5 Å². The van der Waals surface area contributed by atoms with Crippen molar-refractivity contribution in [3.8, 4) is 23.6 Å². The maximum atomic E-state index is 13.8. The summed E-state index contributed by atoms with van der Waals surface area (Å²) in [7, 11) is 0. The van der Waals surface area contributed by atoms with E-state index in [1.165, 1.54) is 0 Å².